The van der Waals surface area contributed by atoms with Crippen molar-refractivity contribution in [2.75, 3.05) is 0 Å². The molecule has 0 aromatic heterocycles. The standard InChI is InChI=1S/C10H8O3S/c11-10-6-8(14(12)13)5-7-3-1-2-4-9(7)10/h1-6,11H,(H,12,13)/p-1. The smallest absolute Gasteiger partial charge is 0.124 e. The van der Waals surface area contributed by atoms with Gasteiger partial charge in [-0.3, -0.25) is 4.21 Å². The first-order valence-corrected chi connectivity index (χ1v) is 5.07. The zero-order chi connectivity index (χ0) is 10.1. The van der Waals surface area contributed by atoms with E-state index in [1.165, 1.54) is 12.1 Å². The molecule has 1 unspecified atom stereocenters. The molecule has 2 aromatic carbocycles. The van der Waals surface area contributed by atoms with Gasteiger partial charge in [-0.2, -0.15) is 0 Å². The molecule has 0 aliphatic carbocycles. The van der Waals surface area contributed by atoms with E-state index in [0.717, 1.165) is 0 Å². The number of aromatic hydroxyl groups is 1. The van der Waals surface area contributed by atoms with Crippen LogP contribution < -0.4 is 0 Å². The molecule has 0 bridgehead atoms. The predicted molar refractivity (Wildman–Crippen MR) is 52.8 cm³/mol. The lowest BCUT2D eigenvalue weighted by molar-refractivity contribution is 0.479. The molecule has 2 rings (SSSR count). The average Bonchev–Trinajstić information content (AvgIpc) is 2.17. The minimum Gasteiger partial charge on any atom is -0.768 e. The van der Waals surface area contributed by atoms with Crippen LogP contribution >= 0.6 is 0 Å². The molecule has 0 saturated carbocycles. The maximum absolute atomic E-state index is 10.7. The summed E-state index contributed by atoms with van der Waals surface area (Å²) in [7, 11) is 0. The van der Waals surface area contributed by atoms with Crippen molar-refractivity contribution in [3.8, 4) is 5.75 Å². The van der Waals surface area contributed by atoms with Crippen LogP contribution in [0.3, 0.4) is 0 Å². The first-order chi connectivity index (χ1) is 6.68. The highest BCUT2D eigenvalue weighted by molar-refractivity contribution is 7.79. The Morgan fingerprint density at radius 2 is 1.93 bits per heavy atom. The van der Waals surface area contributed by atoms with Crippen LogP contribution in [0.25, 0.3) is 10.8 Å². The first-order valence-electron chi connectivity index (χ1n) is 3.99. The van der Waals surface area contributed by atoms with Gasteiger partial charge in [-0.15, -0.1) is 0 Å². The normalized spacial score (nSPS) is 12.9. The van der Waals surface area contributed by atoms with E-state index < -0.39 is 11.1 Å². The molecule has 0 radical (unpaired) electrons. The molecule has 14 heavy (non-hydrogen) atoms. The summed E-state index contributed by atoms with van der Waals surface area (Å²) in [5, 5.41) is 10.9. The van der Waals surface area contributed by atoms with Gasteiger partial charge in [0.1, 0.15) is 5.75 Å². The second kappa shape index (κ2) is 3.40. The Balaban J connectivity index is 2.78. The number of phenols is 1. The largest absolute Gasteiger partial charge is 0.768 e. The maximum Gasteiger partial charge on any atom is 0.124 e. The van der Waals surface area contributed by atoms with Crippen LogP contribution in [0, 0.1) is 0 Å². The molecule has 1 N–H and O–H groups in total. The topological polar surface area (TPSA) is 60.4 Å². The quantitative estimate of drug-likeness (QED) is 0.725. The lowest BCUT2D eigenvalue weighted by atomic mass is 10.1. The van der Waals surface area contributed by atoms with Gasteiger partial charge in [0.15, 0.2) is 0 Å². The number of benzene rings is 2. The summed E-state index contributed by atoms with van der Waals surface area (Å²) in [5.41, 5.74) is 0. The summed E-state index contributed by atoms with van der Waals surface area (Å²) in [6.45, 7) is 0. The van der Waals surface area contributed by atoms with Crippen molar-refractivity contribution in [2.24, 2.45) is 0 Å². The van der Waals surface area contributed by atoms with E-state index in [1.54, 1.807) is 24.3 Å². The van der Waals surface area contributed by atoms with Crippen LogP contribution in [0.1, 0.15) is 0 Å². The third-order valence-corrected chi connectivity index (χ3v) is 2.63. The molecule has 3 nitrogen and oxygen atoms in total. The third kappa shape index (κ3) is 1.49. The number of phenolic OH excluding ortho intramolecular Hbond substituents is 1. The fourth-order valence-electron chi connectivity index (χ4n) is 1.36. The Morgan fingerprint density at radius 3 is 2.64 bits per heavy atom. The summed E-state index contributed by atoms with van der Waals surface area (Å²) in [6.07, 6.45) is 0. The van der Waals surface area contributed by atoms with Crippen LogP contribution in [0.5, 0.6) is 5.75 Å². The predicted octanol–water partition coefficient (Wildman–Crippen LogP) is 1.78. The van der Waals surface area contributed by atoms with Crippen molar-refractivity contribution in [1.29, 1.82) is 0 Å². The van der Waals surface area contributed by atoms with Gasteiger partial charge >= 0.3 is 0 Å². The van der Waals surface area contributed by atoms with Gasteiger partial charge in [-0.25, -0.2) is 0 Å². The first kappa shape index (κ1) is 9.18. The van der Waals surface area contributed by atoms with Crippen molar-refractivity contribution in [2.45, 2.75) is 4.90 Å². The summed E-state index contributed by atoms with van der Waals surface area (Å²) < 4.78 is 21.4. The Morgan fingerprint density at radius 1 is 1.21 bits per heavy atom. The zero-order valence-corrected chi connectivity index (χ0v) is 7.95. The molecule has 0 amide bonds. The molecular formula is C10H7O3S-. The van der Waals surface area contributed by atoms with Gasteiger partial charge in [-0.1, -0.05) is 24.3 Å². The second-order valence-electron chi connectivity index (χ2n) is 2.90. The SMILES string of the molecule is O=S([O-])c1cc(O)c2ccccc2c1. The minimum atomic E-state index is -2.31. The molecule has 0 fully saturated rings. The third-order valence-electron chi connectivity index (χ3n) is 2.01. The van der Waals surface area contributed by atoms with Gasteiger partial charge in [0.25, 0.3) is 0 Å². The highest BCUT2D eigenvalue weighted by Gasteiger charge is 2.02. The molecule has 0 aliphatic rings. The van der Waals surface area contributed by atoms with Crippen LogP contribution in [0.2, 0.25) is 0 Å². The highest BCUT2D eigenvalue weighted by atomic mass is 32.2. The Hall–Kier alpha value is -1.39. The van der Waals surface area contributed by atoms with Gasteiger partial charge in [0.05, 0.1) is 0 Å². The molecular weight excluding hydrogens is 200 g/mol. The monoisotopic (exact) mass is 207 g/mol. The Kier molecular flexibility index (Phi) is 2.23. The van der Waals surface area contributed by atoms with Gasteiger partial charge in [0, 0.05) is 10.3 Å². The van der Waals surface area contributed by atoms with Crippen LogP contribution in [0.4, 0.5) is 0 Å². The highest BCUT2D eigenvalue weighted by Crippen LogP contribution is 2.27. The van der Waals surface area contributed by atoms with Crippen LogP contribution in [-0.2, 0) is 11.1 Å². The van der Waals surface area contributed by atoms with Gasteiger partial charge in [0.2, 0.25) is 0 Å². The Labute approximate surface area is 83.3 Å². The van der Waals surface area contributed by atoms with E-state index >= 15 is 0 Å². The molecule has 0 spiro atoms. The molecule has 1 atom stereocenters. The second-order valence-corrected chi connectivity index (χ2v) is 3.84. The van der Waals surface area contributed by atoms with E-state index in [-0.39, 0.29) is 10.6 Å². The number of fused-ring (bicyclic) bond motifs is 1. The van der Waals surface area contributed by atoms with Crippen molar-refractivity contribution in [3.63, 3.8) is 0 Å². The van der Waals surface area contributed by atoms with Gasteiger partial charge in [-0.05, 0) is 28.6 Å². The Bertz CT molecular complexity index is 508. The molecule has 0 heterocycles. The molecule has 72 valence electrons. The summed E-state index contributed by atoms with van der Waals surface area (Å²) in [6, 6.07) is 9.84. The van der Waals surface area contributed by atoms with E-state index in [1.807, 2.05) is 0 Å². The molecule has 0 saturated heterocycles. The van der Waals surface area contributed by atoms with Crippen molar-refractivity contribution < 1.29 is 13.9 Å². The zero-order valence-electron chi connectivity index (χ0n) is 7.14. The average molecular weight is 207 g/mol. The lowest BCUT2D eigenvalue weighted by Crippen LogP contribution is -1.88. The van der Waals surface area contributed by atoms with E-state index in [2.05, 4.69) is 0 Å². The van der Waals surface area contributed by atoms with E-state index in [4.69, 9.17) is 0 Å². The fraction of sp³-hybridized carbons (Fsp3) is 0. The maximum atomic E-state index is 10.7. The van der Waals surface area contributed by atoms with Crippen molar-refractivity contribution in [3.05, 3.63) is 36.4 Å². The number of rotatable bonds is 1. The number of hydrogen-bond acceptors (Lipinski definition) is 3. The van der Waals surface area contributed by atoms with Crippen molar-refractivity contribution in [1.82, 2.24) is 0 Å². The van der Waals surface area contributed by atoms with E-state index in [9.17, 15) is 13.9 Å². The molecule has 2 aromatic rings. The minimum absolute atomic E-state index is 0.0118. The fourth-order valence-corrected chi connectivity index (χ4v) is 1.79. The van der Waals surface area contributed by atoms with Gasteiger partial charge < -0.3 is 9.66 Å². The molecule has 4 heteroatoms. The van der Waals surface area contributed by atoms with Crippen molar-refractivity contribution >= 4 is 21.9 Å². The summed E-state index contributed by atoms with van der Waals surface area (Å²) in [4.78, 5) is 0.0983. The number of hydrogen-bond donors (Lipinski definition) is 1. The molecule has 0 aliphatic heterocycles. The van der Waals surface area contributed by atoms with Crippen LogP contribution in [0.15, 0.2) is 41.3 Å². The summed E-state index contributed by atoms with van der Waals surface area (Å²) >= 11 is -2.31. The van der Waals surface area contributed by atoms with Crippen LogP contribution in [-0.4, -0.2) is 13.9 Å². The summed E-state index contributed by atoms with van der Waals surface area (Å²) in [5.74, 6) is -0.0118. The lowest BCUT2D eigenvalue weighted by Gasteiger charge is -2.07. The van der Waals surface area contributed by atoms with E-state index in [0.29, 0.717) is 10.8 Å².